The summed E-state index contributed by atoms with van der Waals surface area (Å²) in [5.41, 5.74) is 0.914. The molecule has 1 aromatic rings. The Bertz CT molecular complexity index is 641. The minimum Gasteiger partial charge on any atom is -0.543 e. The monoisotopic (exact) mass is 346 g/mol. The number of hydrogen-bond donors (Lipinski definition) is 0. The number of hydrogen-bond acceptors (Lipinski definition) is 3. The topological polar surface area (TPSA) is 27.7 Å². The molecule has 2 atom stereocenters. The Morgan fingerprint density at radius 1 is 1.29 bits per heavy atom. The fraction of sp³-hybridized carbons (Fsp3) is 0.500. The second-order valence-electron chi connectivity index (χ2n) is 7.90. The summed E-state index contributed by atoms with van der Waals surface area (Å²) in [7, 11) is -0.298. The van der Waals surface area contributed by atoms with Gasteiger partial charge in [0, 0.05) is 5.92 Å². The number of methoxy groups -OCH3 is 1. The first-order valence-corrected chi connectivity index (χ1v) is 11.4. The van der Waals surface area contributed by atoms with Crippen LogP contribution in [0.25, 0.3) is 5.76 Å². The van der Waals surface area contributed by atoms with E-state index < -0.39 is 8.32 Å². The van der Waals surface area contributed by atoms with Gasteiger partial charge in [0.1, 0.15) is 23.4 Å². The fourth-order valence-electron chi connectivity index (χ4n) is 2.34. The van der Waals surface area contributed by atoms with Gasteiger partial charge in [-0.15, -0.1) is 6.58 Å². The lowest BCUT2D eigenvalue weighted by Gasteiger charge is -2.39. The molecule has 0 aromatic heterocycles. The van der Waals surface area contributed by atoms with Crippen LogP contribution in [0.3, 0.4) is 0 Å². The predicted octanol–water partition coefficient (Wildman–Crippen LogP) is 5.64. The molecule has 0 fully saturated rings. The zero-order valence-electron chi connectivity index (χ0n) is 16.0. The van der Waals surface area contributed by atoms with E-state index in [4.69, 9.17) is 13.9 Å². The summed E-state index contributed by atoms with van der Waals surface area (Å²) >= 11 is 0. The van der Waals surface area contributed by atoms with Crippen LogP contribution in [0.15, 0.2) is 36.9 Å². The molecule has 1 aliphatic rings. The van der Waals surface area contributed by atoms with E-state index in [0.717, 1.165) is 22.8 Å². The minimum absolute atomic E-state index is 0.0816. The van der Waals surface area contributed by atoms with Crippen LogP contribution in [0.2, 0.25) is 18.1 Å². The highest BCUT2D eigenvalue weighted by molar-refractivity contribution is 6.74. The van der Waals surface area contributed by atoms with E-state index in [9.17, 15) is 0 Å². The molecule has 24 heavy (non-hydrogen) atoms. The number of rotatable bonds is 5. The van der Waals surface area contributed by atoms with Gasteiger partial charge in [0.05, 0.1) is 12.7 Å². The SMILES string of the molecule is C=C[C@H](C)[C@@H]1C=C(O[Si](C)(C)C(C)(C)C)c2c(OC)cccc2O1. The standard InChI is InChI=1S/C20H30O3Si/c1-9-14(2)17-13-18(23-24(7,8)20(3,4)5)19-15(21-6)11-10-12-16(19)22-17/h9-14,17H,1H2,2-8H3/t14-,17-/m0/s1. The van der Waals surface area contributed by atoms with Crippen molar-refractivity contribution < 1.29 is 13.9 Å². The highest BCUT2D eigenvalue weighted by Gasteiger charge is 2.41. The molecule has 0 aliphatic carbocycles. The fourth-order valence-corrected chi connectivity index (χ4v) is 3.37. The van der Waals surface area contributed by atoms with E-state index in [-0.39, 0.29) is 17.1 Å². The molecular formula is C20H30O3Si. The number of fused-ring (bicyclic) bond motifs is 1. The highest BCUT2D eigenvalue weighted by Crippen LogP contribution is 2.45. The van der Waals surface area contributed by atoms with Crippen molar-refractivity contribution in [3.05, 3.63) is 42.5 Å². The summed E-state index contributed by atoms with van der Waals surface area (Å²) < 4.78 is 18.4. The van der Waals surface area contributed by atoms with Gasteiger partial charge in [0.25, 0.3) is 0 Å². The van der Waals surface area contributed by atoms with Crippen molar-refractivity contribution in [2.24, 2.45) is 5.92 Å². The zero-order valence-corrected chi connectivity index (χ0v) is 17.0. The Balaban J connectivity index is 2.52. The normalized spacial score (nSPS) is 18.8. The smallest absolute Gasteiger partial charge is 0.250 e. The molecule has 0 N–H and O–H groups in total. The van der Waals surface area contributed by atoms with Gasteiger partial charge in [-0.1, -0.05) is 39.8 Å². The Morgan fingerprint density at radius 2 is 1.96 bits per heavy atom. The molecule has 1 aromatic carbocycles. The zero-order chi connectivity index (χ0) is 18.1. The summed E-state index contributed by atoms with van der Waals surface area (Å²) in [5.74, 6) is 2.66. The van der Waals surface area contributed by atoms with Gasteiger partial charge in [-0.25, -0.2) is 0 Å². The first-order valence-electron chi connectivity index (χ1n) is 8.48. The Labute approximate surface area is 147 Å². The van der Waals surface area contributed by atoms with Crippen molar-refractivity contribution in [2.45, 2.75) is 51.9 Å². The molecule has 0 radical (unpaired) electrons. The summed E-state index contributed by atoms with van der Waals surface area (Å²) in [6, 6.07) is 5.87. The quantitative estimate of drug-likeness (QED) is 0.510. The second kappa shape index (κ2) is 6.67. The third-order valence-corrected chi connectivity index (χ3v) is 9.44. The molecule has 4 heteroatoms. The van der Waals surface area contributed by atoms with E-state index in [2.05, 4.69) is 53.4 Å². The Hall–Kier alpha value is -1.68. The van der Waals surface area contributed by atoms with Crippen LogP contribution in [0.4, 0.5) is 0 Å². The van der Waals surface area contributed by atoms with Crippen molar-refractivity contribution in [3.8, 4) is 11.5 Å². The van der Waals surface area contributed by atoms with Gasteiger partial charge in [-0.05, 0) is 36.3 Å². The maximum absolute atomic E-state index is 6.64. The molecule has 0 saturated carbocycles. The van der Waals surface area contributed by atoms with Gasteiger partial charge in [-0.3, -0.25) is 0 Å². The molecule has 0 bridgehead atoms. The van der Waals surface area contributed by atoms with E-state index in [1.165, 1.54) is 0 Å². The van der Waals surface area contributed by atoms with Gasteiger partial charge < -0.3 is 13.9 Å². The lowest BCUT2D eigenvalue weighted by molar-refractivity contribution is 0.201. The van der Waals surface area contributed by atoms with E-state index in [1.54, 1.807) is 7.11 Å². The van der Waals surface area contributed by atoms with E-state index in [1.807, 2.05) is 24.3 Å². The largest absolute Gasteiger partial charge is 0.543 e. The van der Waals surface area contributed by atoms with Crippen molar-refractivity contribution in [1.82, 2.24) is 0 Å². The van der Waals surface area contributed by atoms with Gasteiger partial charge in [0.2, 0.25) is 8.32 Å². The molecule has 0 amide bonds. The van der Waals surface area contributed by atoms with E-state index in [0.29, 0.717) is 0 Å². The Kier molecular flexibility index (Phi) is 5.19. The Morgan fingerprint density at radius 3 is 2.50 bits per heavy atom. The van der Waals surface area contributed by atoms with Crippen molar-refractivity contribution in [3.63, 3.8) is 0 Å². The lowest BCUT2D eigenvalue weighted by Crippen LogP contribution is -2.41. The first kappa shape index (κ1) is 18.7. The number of benzene rings is 1. The van der Waals surface area contributed by atoms with Gasteiger partial charge in [0.15, 0.2) is 0 Å². The van der Waals surface area contributed by atoms with Crippen LogP contribution >= 0.6 is 0 Å². The summed E-state index contributed by atoms with van der Waals surface area (Å²) in [5, 5.41) is 0.119. The third kappa shape index (κ3) is 3.53. The average molecular weight is 347 g/mol. The summed E-state index contributed by atoms with van der Waals surface area (Å²) in [6.45, 7) is 17.2. The molecule has 0 unspecified atom stereocenters. The molecular weight excluding hydrogens is 316 g/mol. The maximum Gasteiger partial charge on any atom is 0.250 e. The van der Waals surface area contributed by atoms with Crippen molar-refractivity contribution in [1.29, 1.82) is 0 Å². The molecule has 1 heterocycles. The molecule has 1 aliphatic heterocycles. The van der Waals surface area contributed by atoms with Crippen LogP contribution < -0.4 is 9.47 Å². The van der Waals surface area contributed by atoms with Crippen LogP contribution in [0.1, 0.15) is 33.3 Å². The maximum atomic E-state index is 6.64. The molecule has 0 spiro atoms. The number of ether oxygens (including phenoxy) is 2. The molecule has 2 rings (SSSR count). The lowest BCUT2D eigenvalue weighted by atomic mass is 9.99. The molecule has 3 nitrogen and oxygen atoms in total. The minimum atomic E-state index is -1.98. The molecule has 132 valence electrons. The van der Waals surface area contributed by atoms with Gasteiger partial charge in [-0.2, -0.15) is 0 Å². The van der Waals surface area contributed by atoms with Crippen LogP contribution in [0.5, 0.6) is 11.5 Å². The summed E-state index contributed by atoms with van der Waals surface area (Å²) in [6.07, 6.45) is 3.91. The van der Waals surface area contributed by atoms with Crippen LogP contribution in [-0.2, 0) is 4.43 Å². The van der Waals surface area contributed by atoms with Crippen LogP contribution in [-0.4, -0.2) is 21.5 Å². The van der Waals surface area contributed by atoms with Crippen molar-refractivity contribution >= 4 is 14.1 Å². The highest BCUT2D eigenvalue weighted by atomic mass is 28.4. The summed E-state index contributed by atoms with van der Waals surface area (Å²) in [4.78, 5) is 0. The van der Waals surface area contributed by atoms with E-state index >= 15 is 0 Å². The second-order valence-corrected chi connectivity index (χ2v) is 12.6. The average Bonchev–Trinajstić information content (AvgIpc) is 2.51. The first-order chi connectivity index (χ1) is 11.1. The molecule has 0 saturated heterocycles. The van der Waals surface area contributed by atoms with Gasteiger partial charge >= 0.3 is 0 Å². The predicted molar refractivity (Wildman–Crippen MR) is 103 cm³/mol. The van der Waals surface area contributed by atoms with Crippen LogP contribution in [0, 0.1) is 5.92 Å². The van der Waals surface area contributed by atoms with Crippen molar-refractivity contribution in [2.75, 3.05) is 7.11 Å². The third-order valence-electron chi connectivity index (χ3n) is 5.09.